The zero-order valence-corrected chi connectivity index (χ0v) is 25.5. The second-order valence-corrected chi connectivity index (χ2v) is 14.3. The van der Waals surface area contributed by atoms with Crippen molar-refractivity contribution in [2.75, 3.05) is 13.2 Å². The molecule has 0 spiro atoms. The highest BCUT2D eigenvalue weighted by atomic mass is 32.2. The molecule has 2 fully saturated rings. The molecule has 0 unspecified atom stereocenters. The summed E-state index contributed by atoms with van der Waals surface area (Å²) < 4.78 is 11.5. The van der Waals surface area contributed by atoms with Gasteiger partial charge in [-0.25, -0.2) is 0 Å². The highest BCUT2D eigenvalue weighted by molar-refractivity contribution is 7.97. The van der Waals surface area contributed by atoms with E-state index in [9.17, 15) is 4.79 Å². The van der Waals surface area contributed by atoms with Crippen LogP contribution in [0.25, 0.3) is 11.3 Å². The van der Waals surface area contributed by atoms with Crippen molar-refractivity contribution in [3.8, 4) is 11.3 Å². The lowest BCUT2D eigenvalue weighted by Gasteiger charge is -2.27. The van der Waals surface area contributed by atoms with Gasteiger partial charge in [0.25, 0.3) is 5.91 Å². The molecule has 1 saturated carbocycles. The lowest BCUT2D eigenvalue weighted by Crippen LogP contribution is -2.39. The molecule has 0 atom stereocenters. The predicted octanol–water partition coefficient (Wildman–Crippen LogP) is 7.65. The maximum atomic E-state index is 13.5. The van der Waals surface area contributed by atoms with Gasteiger partial charge in [-0.3, -0.25) is 9.52 Å². The Bertz CT molecular complexity index is 1100. The summed E-state index contributed by atoms with van der Waals surface area (Å²) in [5.41, 5.74) is 5.60. The first-order chi connectivity index (χ1) is 17.9. The Balaban J connectivity index is 1.71. The maximum Gasteiger partial charge on any atom is 0.253 e. The molecule has 1 amide bonds. The zero-order valence-electron chi connectivity index (χ0n) is 24.7. The highest BCUT2D eigenvalue weighted by Crippen LogP contribution is 2.37. The van der Waals surface area contributed by atoms with E-state index < -0.39 is 0 Å². The molecule has 6 heteroatoms. The second-order valence-electron chi connectivity index (χ2n) is 13.4. The van der Waals surface area contributed by atoms with Gasteiger partial charge in [0, 0.05) is 47.6 Å². The number of nitrogens with one attached hydrogen (secondary N) is 2. The van der Waals surface area contributed by atoms with Crippen molar-refractivity contribution in [2.24, 2.45) is 5.92 Å². The molecule has 38 heavy (non-hydrogen) atoms. The number of carbonyl (C=O) groups excluding carboxylic acids is 1. The van der Waals surface area contributed by atoms with Crippen LogP contribution >= 0.6 is 11.9 Å². The standard InChI is InChI=1S/C32H49N3O2S/c1-22-26(30(36)33-25-15-17-37-18-16-25)20-28(35(22)21-23-11-9-8-10-12-23)24-13-14-29(38-34-32(5,6)7)27(19-24)31(2,3)4/h13-14,19-20,23,25,34H,8-12,15-18,21H2,1-7H3,(H,33,36). The van der Waals surface area contributed by atoms with Gasteiger partial charge in [-0.2, -0.15) is 0 Å². The summed E-state index contributed by atoms with van der Waals surface area (Å²) in [7, 11) is 0. The number of amides is 1. The summed E-state index contributed by atoms with van der Waals surface area (Å²) in [6, 6.07) is 9.20. The average Bonchev–Trinajstić information content (AvgIpc) is 3.19. The van der Waals surface area contributed by atoms with Gasteiger partial charge in [0.2, 0.25) is 0 Å². The molecule has 1 aliphatic carbocycles. The van der Waals surface area contributed by atoms with Crippen LogP contribution in [0.5, 0.6) is 0 Å². The van der Waals surface area contributed by atoms with Crippen molar-refractivity contribution in [3.63, 3.8) is 0 Å². The van der Waals surface area contributed by atoms with Crippen molar-refractivity contribution in [1.82, 2.24) is 14.6 Å². The van der Waals surface area contributed by atoms with Crippen LogP contribution < -0.4 is 10.0 Å². The Morgan fingerprint density at radius 1 is 1.00 bits per heavy atom. The molecular weight excluding hydrogens is 490 g/mol. The summed E-state index contributed by atoms with van der Waals surface area (Å²) >= 11 is 1.72. The number of hydrogen-bond acceptors (Lipinski definition) is 4. The fourth-order valence-corrected chi connectivity index (χ4v) is 6.68. The third-order valence-corrected chi connectivity index (χ3v) is 9.17. The Morgan fingerprint density at radius 2 is 1.68 bits per heavy atom. The summed E-state index contributed by atoms with van der Waals surface area (Å²) in [6.45, 7) is 18.0. The highest BCUT2D eigenvalue weighted by Gasteiger charge is 2.26. The fourth-order valence-electron chi connectivity index (χ4n) is 5.65. The van der Waals surface area contributed by atoms with Crippen molar-refractivity contribution in [3.05, 3.63) is 41.1 Å². The van der Waals surface area contributed by atoms with Crippen LogP contribution in [0.2, 0.25) is 0 Å². The maximum absolute atomic E-state index is 13.5. The number of aromatic nitrogens is 1. The minimum Gasteiger partial charge on any atom is -0.381 e. The van der Waals surface area contributed by atoms with E-state index in [-0.39, 0.29) is 22.9 Å². The number of carbonyl (C=O) groups is 1. The Morgan fingerprint density at radius 3 is 2.32 bits per heavy atom. The molecule has 210 valence electrons. The predicted molar refractivity (Wildman–Crippen MR) is 160 cm³/mol. The summed E-state index contributed by atoms with van der Waals surface area (Å²) in [5.74, 6) is 0.726. The minimum absolute atomic E-state index is 0.00297. The van der Waals surface area contributed by atoms with Crippen molar-refractivity contribution >= 4 is 17.9 Å². The van der Waals surface area contributed by atoms with E-state index in [0.29, 0.717) is 5.92 Å². The molecule has 2 aliphatic rings. The van der Waals surface area contributed by atoms with E-state index in [4.69, 9.17) is 4.74 Å². The first-order valence-electron chi connectivity index (χ1n) is 14.6. The summed E-state index contributed by atoms with van der Waals surface area (Å²) in [4.78, 5) is 14.8. The van der Waals surface area contributed by atoms with Crippen LogP contribution in [-0.4, -0.2) is 35.3 Å². The quantitative estimate of drug-likeness (QED) is 0.355. The number of hydrogen-bond donors (Lipinski definition) is 2. The molecule has 2 heterocycles. The van der Waals surface area contributed by atoms with Gasteiger partial charge in [0.05, 0.1) is 5.56 Å². The molecule has 1 aromatic carbocycles. The summed E-state index contributed by atoms with van der Waals surface area (Å²) in [6.07, 6.45) is 8.32. The van der Waals surface area contributed by atoms with Crippen LogP contribution in [-0.2, 0) is 16.7 Å². The van der Waals surface area contributed by atoms with E-state index in [1.165, 1.54) is 48.1 Å². The van der Waals surface area contributed by atoms with Gasteiger partial charge in [0.15, 0.2) is 0 Å². The van der Waals surface area contributed by atoms with E-state index in [2.05, 4.69) is 87.3 Å². The molecule has 4 rings (SSSR count). The number of nitrogens with zero attached hydrogens (tertiary/aromatic N) is 1. The van der Waals surface area contributed by atoms with Gasteiger partial charge in [-0.05, 0) is 106 Å². The first kappa shape index (κ1) is 29.2. The third-order valence-electron chi connectivity index (χ3n) is 7.88. The molecule has 0 radical (unpaired) electrons. The van der Waals surface area contributed by atoms with Crippen molar-refractivity contribution in [1.29, 1.82) is 0 Å². The van der Waals surface area contributed by atoms with Gasteiger partial charge in [-0.1, -0.05) is 46.1 Å². The van der Waals surface area contributed by atoms with E-state index >= 15 is 0 Å². The van der Waals surface area contributed by atoms with Crippen molar-refractivity contribution in [2.45, 2.75) is 122 Å². The Kier molecular flexibility index (Phi) is 9.37. The van der Waals surface area contributed by atoms with E-state index in [1.807, 2.05) is 0 Å². The van der Waals surface area contributed by atoms with Gasteiger partial charge >= 0.3 is 0 Å². The van der Waals surface area contributed by atoms with Gasteiger partial charge in [-0.15, -0.1) is 0 Å². The molecule has 5 nitrogen and oxygen atoms in total. The van der Waals surface area contributed by atoms with Crippen LogP contribution in [0.15, 0.2) is 29.2 Å². The zero-order chi connectivity index (χ0) is 27.5. The van der Waals surface area contributed by atoms with E-state index in [0.717, 1.165) is 49.6 Å². The molecule has 2 N–H and O–H groups in total. The van der Waals surface area contributed by atoms with Crippen LogP contribution in [0.4, 0.5) is 0 Å². The lowest BCUT2D eigenvalue weighted by atomic mass is 9.85. The third kappa shape index (κ3) is 7.45. The molecule has 0 bridgehead atoms. The van der Waals surface area contributed by atoms with E-state index in [1.54, 1.807) is 11.9 Å². The number of rotatable bonds is 7. The number of benzene rings is 1. The largest absolute Gasteiger partial charge is 0.381 e. The SMILES string of the molecule is Cc1c(C(=O)NC2CCOCC2)cc(-c2ccc(SNC(C)(C)C)c(C(C)(C)C)c2)n1CC1CCCCC1. The first-order valence-corrected chi connectivity index (χ1v) is 15.4. The van der Waals surface area contributed by atoms with Gasteiger partial charge in [0.1, 0.15) is 0 Å². The van der Waals surface area contributed by atoms with Crippen LogP contribution in [0.1, 0.15) is 108 Å². The summed E-state index contributed by atoms with van der Waals surface area (Å²) in [5, 5.41) is 3.30. The fraction of sp³-hybridized carbons (Fsp3) is 0.656. The Labute approximate surface area is 235 Å². The van der Waals surface area contributed by atoms with Crippen molar-refractivity contribution < 1.29 is 9.53 Å². The van der Waals surface area contributed by atoms with Gasteiger partial charge < -0.3 is 14.6 Å². The smallest absolute Gasteiger partial charge is 0.253 e. The molecule has 1 saturated heterocycles. The normalized spacial score (nSPS) is 18.1. The molecular formula is C32H49N3O2S. The molecule has 1 aliphatic heterocycles. The Hall–Kier alpha value is -1.76. The monoisotopic (exact) mass is 539 g/mol. The van der Waals surface area contributed by atoms with Crippen LogP contribution in [0, 0.1) is 12.8 Å². The average molecular weight is 540 g/mol. The van der Waals surface area contributed by atoms with Crippen LogP contribution in [0.3, 0.4) is 0 Å². The molecule has 1 aromatic heterocycles. The minimum atomic E-state index is -0.00297. The second kappa shape index (κ2) is 12.2. The lowest BCUT2D eigenvalue weighted by molar-refractivity contribution is 0.0696. The molecule has 2 aromatic rings. The topological polar surface area (TPSA) is 55.3 Å². The number of ether oxygens (including phenoxy) is 1.